The van der Waals surface area contributed by atoms with Gasteiger partial charge in [-0.3, -0.25) is 0 Å². The van der Waals surface area contributed by atoms with Crippen LogP contribution in [-0.4, -0.2) is 22.4 Å². The van der Waals surface area contributed by atoms with Gasteiger partial charge in [0.15, 0.2) is 0 Å². The molecule has 1 saturated carbocycles. The molecule has 1 aromatic rings. The Kier molecular flexibility index (Phi) is 1.74. The van der Waals surface area contributed by atoms with Crippen LogP contribution in [-0.2, 0) is 5.41 Å². The van der Waals surface area contributed by atoms with Gasteiger partial charge >= 0.3 is 0 Å². The average Bonchev–Trinajstić information content (AvgIpc) is 2.71. The Morgan fingerprint density at radius 3 is 2.40 bits per heavy atom. The van der Waals surface area contributed by atoms with E-state index >= 15 is 0 Å². The molecule has 2 heterocycles. The molecule has 1 aliphatic heterocycles. The molecule has 3 nitrogen and oxygen atoms in total. The number of nitrogens with zero attached hydrogens (tertiary/aromatic N) is 3. The Labute approximate surface area is 94.7 Å². The Morgan fingerprint density at radius 1 is 1.27 bits per heavy atom. The van der Waals surface area contributed by atoms with Gasteiger partial charge in [-0.05, 0) is 12.8 Å². The van der Waals surface area contributed by atoms with Crippen LogP contribution >= 0.6 is 11.5 Å². The monoisotopic (exact) mass is 223 g/mol. The van der Waals surface area contributed by atoms with Crippen molar-refractivity contribution in [3.8, 4) is 0 Å². The maximum absolute atomic E-state index is 4.63. The highest BCUT2D eigenvalue weighted by atomic mass is 32.1. The van der Waals surface area contributed by atoms with Crippen molar-refractivity contribution in [1.29, 1.82) is 0 Å². The van der Waals surface area contributed by atoms with Crippen molar-refractivity contribution >= 4 is 16.7 Å². The van der Waals surface area contributed by atoms with E-state index in [9.17, 15) is 0 Å². The van der Waals surface area contributed by atoms with Crippen LogP contribution in [0.15, 0.2) is 0 Å². The summed E-state index contributed by atoms with van der Waals surface area (Å²) < 4.78 is 4.45. The zero-order valence-corrected chi connectivity index (χ0v) is 10.4. The molecular weight excluding hydrogens is 206 g/mol. The fourth-order valence-corrected chi connectivity index (χ4v) is 2.89. The third kappa shape index (κ3) is 1.55. The summed E-state index contributed by atoms with van der Waals surface area (Å²) in [7, 11) is 0. The molecule has 0 bridgehead atoms. The lowest BCUT2D eigenvalue weighted by Crippen LogP contribution is -2.48. The Hall–Kier alpha value is -0.640. The maximum atomic E-state index is 4.63. The first kappa shape index (κ1) is 9.58. The minimum atomic E-state index is 0.0802. The van der Waals surface area contributed by atoms with Crippen LogP contribution in [0, 0.1) is 5.41 Å². The second kappa shape index (κ2) is 2.73. The molecule has 82 valence electrons. The molecule has 4 heteroatoms. The van der Waals surface area contributed by atoms with Gasteiger partial charge in [-0.25, -0.2) is 4.98 Å². The first-order valence-corrected chi connectivity index (χ1v) is 6.35. The topological polar surface area (TPSA) is 29.0 Å². The molecule has 1 spiro atoms. The predicted octanol–water partition coefficient (Wildman–Crippen LogP) is 2.44. The summed E-state index contributed by atoms with van der Waals surface area (Å²) in [5, 5.41) is 1.12. The van der Waals surface area contributed by atoms with Crippen molar-refractivity contribution < 1.29 is 0 Å². The summed E-state index contributed by atoms with van der Waals surface area (Å²) in [4.78, 5) is 7.01. The summed E-state index contributed by atoms with van der Waals surface area (Å²) >= 11 is 1.55. The highest BCUT2D eigenvalue weighted by molar-refractivity contribution is 7.09. The minimum Gasteiger partial charge on any atom is -0.346 e. The normalized spacial score (nSPS) is 23.0. The maximum Gasteiger partial charge on any atom is 0.205 e. The van der Waals surface area contributed by atoms with Gasteiger partial charge < -0.3 is 4.90 Å². The van der Waals surface area contributed by atoms with E-state index in [1.165, 1.54) is 25.9 Å². The second-order valence-electron chi connectivity index (χ2n) is 6.01. The highest BCUT2D eigenvalue weighted by Crippen LogP contribution is 2.54. The molecule has 0 unspecified atom stereocenters. The number of hydrogen-bond acceptors (Lipinski definition) is 4. The van der Waals surface area contributed by atoms with Gasteiger partial charge in [-0.15, -0.1) is 0 Å². The SMILES string of the molecule is CC(C)(C)c1nsc(N2CC3(CC3)C2)n1. The molecule has 0 aromatic carbocycles. The molecule has 0 radical (unpaired) electrons. The van der Waals surface area contributed by atoms with E-state index in [0.717, 1.165) is 11.0 Å². The van der Waals surface area contributed by atoms with Gasteiger partial charge in [0.25, 0.3) is 0 Å². The van der Waals surface area contributed by atoms with Crippen molar-refractivity contribution in [2.24, 2.45) is 5.41 Å². The van der Waals surface area contributed by atoms with E-state index in [4.69, 9.17) is 0 Å². The van der Waals surface area contributed by atoms with Gasteiger partial charge in [0, 0.05) is 35.5 Å². The van der Waals surface area contributed by atoms with Crippen molar-refractivity contribution in [3.63, 3.8) is 0 Å². The summed E-state index contributed by atoms with van der Waals surface area (Å²) in [6, 6.07) is 0. The van der Waals surface area contributed by atoms with Crippen molar-refractivity contribution in [2.45, 2.75) is 39.0 Å². The van der Waals surface area contributed by atoms with Crippen LogP contribution in [0.4, 0.5) is 5.13 Å². The summed E-state index contributed by atoms with van der Waals surface area (Å²) in [6.45, 7) is 8.92. The third-order valence-electron chi connectivity index (χ3n) is 3.37. The smallest absolute Gasteiger partial charge is 0.205 e. The van der Waals surface area contributed by atoms with E-state index < -0.39 is 0 Å². The fraction of sp³-hybridized carbons (Fsp3) is 0.818. The van der Waals surface area contributed by atoms with E-state index in [-0.39, 0.29) is 5.41 Å². The lowest BCUT2D eigenvalue weighted by Gasteiger charge is -2.39. The van der Waals surface area contributed by atoms with E-state index in [2.05, 4.69) is 35.0 Å². The molecule has 0 atom stereocenters. The minimum absolute atomic E-state index is 0.0802. The van der Waals surface area contributed by atoms with Gasteiger partial charge in [0.05, 0.1) is 0 Å². The van der Waals surface area contributed by atoms with Gasteiger partial charge in [-0.2, -0.15) is 4.37 Å². The highest BCUT2D eigenvalue weighted by Gasteiger charge is 2.53. The molecular formula is C11H17N3S. The largest absolute Gasteiger partial charge is 0.346 e. The van der Waals surface area contributed by atoms with E-state index in [1.807, 2.05) is 0 Å². The van der Waals surface area contributed by atoms with Crippen molar-refractivity contribution in [1.82, 2.24) is 9.36 Å². The molecule has 1 saturated heterocycles. The van der Waals surface area contributed by atoms with Gasteiger partial charge in [0.2, 0.25) is 5.13 Å². The molecule has 2 aliphatic rings. The number of rotatable bonds is 1. The van der Waals surface area contributed by atoms with Crippen molar-refractivity contribution in [3.05, 3.63) is 5.82 Å². The molecule has 1 aliphatic carbocycles. The van der Waals surface area contributed by atoms with Crippen LogP contribution in [0.1, 0.15) is 39.4 Å². The molecule has 15 heavy (non-hydrogen) atoms. The van der Waals surface area contributed by atoms with Crippen LogP contribution in [0.3, 0.4) is 0 Å². The Balaban J connectivity index is 1.74. The molecule has 0 N–H and O–H groups in total. The molecule has 0 amide bonds. The summed E-state index contributed by atoms with van der Waals surface area (Å²) in [5.41, 5.74) is 0.782. The Morgan fingerprint density at radius 2 is 1.93 bits per heavy atom. The first-order valence-electron chi connectivity index (χ1n) is 5.58. The summed E-state index contributed by atoms with van der Waals surface area (Å²) in [5.74, 6) is 0.985. The fourth-order valence-electron chi connectivity index (χ4n) is 2.04. The number of anilines is 1. The third-order valence-corrected chi connectivity index (χ3v) is 4.14. The first-order chi connectivity index (χ1) is 6.99. The standard InChI is InChI=1S/C11H17N3S/c1-10(2,3)8-12-9(15-13-8)14-6-11(7-14)4-5-11/h4-7H2,1-3H3. The average molecular weight is 223 g/mol. The second-order valence-corrected chi connectivity index (χ2v) is 6.74. The lowest BCUT2D eigenvalue weighted by atomic mass is 9.96. The van der Waals surface area contributed by atoms with Crippen LogP contribution in [0.25, 0.3) is 0 Å². The zero-order chi connectivity index (χ0) is 10.7. The van der Waals surface area contributed by atoms with Gasteiger partial charge in [-0.1, -0.05) is 20.8 Å². The summed E-state index contributed by atoms with van der Waals surface area (Å²) in [6.07, 6.45) is 2.85. The lowest BCUT2D eigenvalue weighted by molar-refractivity contribution is 0.386. The quantitative estimate of drug-likeness (QED) is 0.732. The van der Waals surface area contributed by atoms with Crippen LogP contribution in [0.5, 0.6) is 0 Å². The van der Waals surface area contributed by atoms with Crippen molar-refractivity contribution in [2.75, 3.05) is 18.0 Å². The molecule has 2 fully saturated rings. The predicted molar refractivity (Wildman–Crippen MR) is 62.5 cm³/mol. The molecule has 1 aromatic heterocycles. The van der Waals surface area contributed by atoms with Gasteiger partial charge in [0.1, 0.15) is 5.82 Å². The Bertz CT molecular complexity index is 379. The van der Waals surface area contributed by atoms with E-state index in [1.54, 1.807) is 11.5 Å². The number of hydrogen-bond donors (Lipinski definition) is 0. The van der Waals surface area contributed by atoms with Crippen LogP contribution in [0.2, 0.25) is 0 Å². The number of aromatic nitrogens is 2. The van der Waals surface area contributed by atoms with Crippen LogP contribution < -0.4 is 4.90 Å². The van der Waals surface area contributed by atoms with E-state index in [0.29, 0.717) is 5.41 Å². The molecule has 3 rings (SSSR count). The zero-order valence-electron chi connectivity index (χ0n) is 9.58.